The van der Waals surface area contributed by atoms with Gasteiger partial charge in [-0.25, -0.2) is 0 Å². The Balaban J connectivity index is 1.50. The highest BCUT2D eigenvalue weighted by atomic mass is 35.5. The molecule has 0 spiro atoms. The lowest BCUT2D eigenvalue weighted by molar-refractivity contribution is -0.116. The molecule has 0 saturated heterocycles. The van der Waals surface area contributed by atoms with E-state index in [0.717, 1.165) is 5.56 Å². The highest BCUT2D eigenvalue weighted by Crippen LogP contribution is 2.24. The molecule has 2 aromatic heterocycles. The number of anilines is 1. The quantitative estimate of drug-likeness (QED) is 0.555. The van der Waals surface area contributed by atoms with Gasteiger partial charge >= 0.3 is 0 Å². The Hall–Kier alpha value is -3.38. The fraction of sp³-hybridized carbons (Fsp3) is 0.0500. The Morgan fingerprint density at radius 3 is 2.48 bits per heavy atom. The Morgan fingerprint density at radius 1 is 0.963 bits per heavy atom. The van der Waals surface area contributed by atoms with Gasteiger partial charge in [-0.2, -0.15) is 0 Å². The second-order valence-electron chi connectivity index (χ2n) is 5.85. The molecule has 4 aromatic rings. The molecule has 0 bridgehead atoms. The lowest BCUT2D eigenvalue weighted by atomic mass is 10.2. The first-order valence-corrected chi connectivity index (χ1v) is 8.67. The van der Waals surface area contributed by atoms with Crippen molar-refractivity contribution in [3.8, 4) is 23.0 Å². The summed E-state index contributed by atoms with van der Waals surface area (Å²) in [6, 6.07) is 20.1. The number of halogens is 1. The van der Waals surface area contributed by atoms with Gasteiger partial charge in [0.25, 0.3) is 5.89 Å². The van der Waals surface area contributed by atoms with Crippen molar-refractivity contribution in [3.63, 3.8) is 0 Å². The van der Waals surface area contributed by atoms with E-state index >= 15 is 0 Å². The van der Waals surface area contributed by atoms with Crippen LogP contribution in [0.15, 0.2) is 77.3 Å². The van der Waals surface area contributed by atoms with Crippen LogP contribution in [0.3, 0.4) is 0 Å². The molecule has 1 amide bonds. The van der Waals surface area contributed by atoms with Crippen molar-refractivity contribution in [2.75, 3.05) is 5.32 Å². The second-order valence-corrected chi connectivity index (χ2v) is 6.29. The Labute approximate surface area is 160 Å². The lowest BCUT2D eigenvalue weighted by Gasteiger charge is -2.08. The van der Waals surface area contributed by atoms with Crippen LogP contribution in [0.5, 0.6) is 0 Å². The van der Waals surface area contributed by atoms with Crippen molar-refractivity contribution in [2.24, 2.45) is 0 Å². The average molecular weight is 379 g/mol. The largest absolute Gasteiger partial charge is 0.415 e. The number of benzene rings is 2. The molecule has 2 heterocycles. The number of hydrogen-bond donors (Lipinski definition) is 1. The molecule has 6 nitrogen and oxygen atoms in total. The van der Waals surface area contributed by atoms with Gasteiger partial charge in [-0.3, -0.25) is 4.79 Å². The monoisotopic (exact) mass is 378 g/mol. The fourth-order valence-corrected chi connectivity index (χ4v) is 2.78. The minimum atomic E-state index is -0.169. The molecule has 2 aromatic carbocycles. The van der Waals surface area contributed by atoms with Crippen molar-refractivity contribution < 1.29 is 9.21 Å². The van der Waals surface area contributed by atoms with Crippen LogP contribution in [0, 0.1) is 0 Å². The number of nitrogens with one attached hydrogen (secondary N) is 1. The molecule has 27 heavy (non-hydrogen) atoms. The summed E-state index contributed by atoms with van der Waals surface area (Å²) in [6.45, 7) is 0.119. The van der Waals surface area contributed by atoms with Gasteiger partial charge < -0.3 is 14.3 Å². The predicted octanol–water partition coefficient (Wildman–Crippen LogP) is 4.50. The molecule has 7 heteroatoms. The zero-order chi connectivity index (χ0) is 18.6. The van der Waals surface area contributed by atoms with Crippen LogP contribution in [-0.4, -0.2) is 20.7 Å². The molecule has 0 unspecified atom stereocenters. The molecule has 4 rings (SSSR count). The lowest BCUT2D eigenvalue weighted by Crippen LogP contribution is -2.18. The number of hydrogen-bond acceptors (Lipinski definition) is 4. The summed E-state index contributed by atoms with van der Waals surface area (Å²) in [5.41, 5.74) is 2.20. The number of nitrogens with zero attached hydrogens (tertiary/aromatic N) is 3. The summed E-state index contributed by atoms with van der Waals surface area (Å²) in [6.07, 6.45) is 1.79. The first kappa shape index (κ1) is 17.1. The summed E-state index contributed by atoms with van der Waals surface area (Å²) < 4.78 is 7.54. The number of rotatable bonds is 5. The Bertz CT molecular complexity index is 1060. The van der Waals surface area contributed by atoms with E-state index < -0.39 is 0 Å². The summed E-state index contributed by atoms with van der Waals surface area (Å²) in [4.78, 5) is 12.3. The summed E-state index contributed by atoms with van der Waals surface area (Å²) >= 11 is 5.86. The minimum Gasteiger partial charge on any atom is -0.415 e. The third-order valence-corrected chi connectivity index (χ3v) is 4.19. The first-order valence-electron chi connectivity index (χ1n) is 8.29. The second kappa shape index (κ2) is 7.47. The van der Waals surface area contributed by atoms with E-state index in [1.54, 1.807) is 35.0 Å². The zero-order valence-electron chi connectivity index (χ0n) is 14.2. The molecule has 0 aliphatic rings. The molecule has 134 valence electrons. The van der Waals surface area contributed by atoms with E-state index in [1.807, 2.05) is 42.5 Å². The van der Waals surface area contributed by atoms with E-state index in [9.17, 15) is 4.79 Å². The third kappa shape index (κ3) is 3.91. The average Bonchev–Trinajstić information content (AvgIpc) is 3.33. The third-order valence-electron chi connectivity index (χ3n) is 3.94. The van der Waals surface area contributed by atoms with Crippen LogP contribution in [0.4, 0.5) is 5.69 Å². The SMILES string of the molecule is O=C(Cn1cccc1-c1nnc(-c2ccccc2)o1)Nc1ccc(Cl)cc1. The molecular weight excluding hydrogens is 364 g/mol. The maximum absolute atomic E-state index is 12.3. The van der Waals surface area contributed by atoms with Crippen molar-refractivity contribution in [1.29, 1.82) is 0 Å². The topological polar surface area (TPSA) is 73.0 Å². The van der Waals surface area contributed by atoms with Crippen LogP contribution in [-0.2, 0) is 11.3 Å². The molecule has 0 fully saturated rings. The molecule has 0 aliphatic carbocycles. The van der Waals surface area contributed by atoms with Crippen LogP contribution in [0.2, 0.25) is 5.02 Å². The van der Waals surface area contributed by atoms with Gasteiger partial charge in [0.2, 0.25) is 11.8 Å². The van der Waals surface area contributed by atoms with Gasteiger partial charge in [0.15, 0.2) is 0 Å². The smallest absolute Gasteiger partial charge is 0.264 e. The Kier molecular flexibility index (Phi) is 4.72. The van der Waals surface area contributed by atoms with Gasteiger partial charge in [0.05, 0.1) is 0 Å². The highest BCUT2D eigenvalue weighted by Gasteiger charge is 2.15. The number of carbonyl (C=O) groups is 1. The molecule has 1 N–H and O–H groups in total. The van der Waals surface area contributed by atoms with Crippen molar-refractivity contribution in [1.82, 2.24) is 14.8 Å². The normalized spacial score (nSPS) is 10.7. The predicted molar refractivity (Wildman–Crippen MR) is 103 cm³/mol. The van der Waals surface area contributed by atoms with Gasteiger partial charge in [0, 0.05) is 22.5 Å². The summed E-state index contributed by atoms with van der Waals surface area (Å²) in [5.74, 6) is 0.625. The van der Waals surface area contributed by atoms with Gasteiger partial charge in [-0.15, -0.1) is 10.2 Å². The first-order chi connectivity index (χ1) is 13.2. The molecule has 0 saturated carbocycles. The minimum absolute atomic E-state index is 0.119. The van der Waals surface area contributed by atoms with Crippen molar-refractivity contribution >= 4 is 23.2 Å². The maximum atomic E-state index is 12.3. The van der Waals surface area contributed by atoms with Crippen LogP contribution < -0.4 is 5.32 Å². The standard InChI is InChI=1S/C20H15ClN4O2/c21-15-8-10-16(11-9-15)22-18(26)13-25-12-4-7-17(25)20-24-23-19(27-20)14-5-2-1-3-6-14/h1-12H,13H2,(H,22,26). The molecule has 0 atom stereocenters. The molecular formula is C20H15ClN4O2. The van der Waals surface area contributed by atoms with E-state index in [4.69, 9.17) is 16.0 Å². The van der Waals surface area contributed by atoms with E-state index in [1.165, 1.54) is 0 Å². The summed E-state index contributed by atoms with van der Waals surface area (Å²) in [7, 11) is 0. The number of carbonyl (C=O) groups excluding carboxylic acids is 1. The van der Waals surface area contributed by atoms with Crippen LogP contribution in [0.1, 0.15) is 0 Å². The Morgan fingerprint density at radius 2 is 1.70 bits per heavy atom. The molecule has 0 radical (unpaired) electrons. The fourth-order valence-electron chi connectivity index (χ4n) is 2.66. The number of aromatic nitrogens is 3. The van der Waals surface area contributed by atoms with Crippen LogP contribution >= 0.6 is 11.6 Å². The van der Waals surface area contributed by atoms with Crippen molar-refractivity contribution in [2.45, 2.75) is 6.54 Å². The van der Waals surface area contributed by atoms with E-state index in [-0.39, 0.29) is 12.5 Å². The summed E-state index contributed by atoms with van der Waals surface area (Å²) in [5, 5.41) is 11.7. The molecule has 0 aliphatic heterocycles. The number of amides is 1. The zero-order valence-corrected chi connectivity index (χ0v) is 14.9. The van der Waals surface area contributed by atoms with Crippen molar-refractivity contribution in [3.05, 3.63) is 77.9 Å². The highest BCUT2D eigenvalue weighted by molar-refractivity contribution is 6.30. The van der Waals surface area contributed by atoms with E-state index in [2.05, 4.69) is 15.5 Å². The maximum Gasteiger partial charge on any atom is 0.264 e. The van der Waals surface area contributed by atoms with Gasteiger partial charge in [-0.05, 0) is 48.5 Å². The van der Waals surface area contributed by atoms with E-state index in [0.29, 0.717) is 28.2 Å². The van der Waals surface area contributed by atoms with Crippen LogP contribution in [0.25, 0.3) is 23.0 Å². The van der Waals surface area contributed by atoms with Gasteiger partial charge in [-0.1, -0.05) is 29.8 Å². The van der Waals surface area contributed by atoms with Gasteiger partial charge in [0.1, 0.15) is 12.2 Å².